The molecule has 1 spiro atoms. The summed E-state index contributed by atoms with van der Waals surface area (Å²) in [6, 6.07) is 5.27. The Morgan fingerprint density at radius 3 is 2.90 bits per heavy atom. The van der Waals surface area contributed by atoms with Gasteiger partial charge in [-0.05, 0) is 69.7 Å². The minimum atomic E-state index is 0.565. The zero-order valence-corrected chi connectivity index (χ0v) is 13.8. The topological polar surface area (TPSA) is 15.3 Å². The van der Waals surface area contributed by atoms with Gasteiger partial charge in [0.15, 0.2) is 0 Å². The van der Waals surface area contributed by atoms with Crippen LogP contribution in [0, 0.1) is 5.41 Å². The maximum absolute atomic E-state index is 3.63. The summed E-state index contributed by atoms with van der Waals surface area (Å²) in [5.41, 5.74) is 0.565. The zero-order chi connectivity index (χ0) is 14.0. The van der Waals surface area contributed by atoms with Crippen molar-refractivity contribution in [3.63, 3.8) is 0 Å². The van der Waals surface area contributed by atoms with Crippen LogP contribution < -0.4 is 5.32 Å². The molecular formula is C17H28N2S. The third kappa shape index (κ3) is 2.95. The third-order valence-electron chi connectivity index (χ3n) is 5.24. The van der Waals surface area contributed by atoms with Crippen molar-refractivity contribution in [2.45, 2.75) is 52.0 Å². The van der Waals surface area contributed by atoms with Crippen LogP contribution in [0.15, 0.2) is 12.1 Å². The SMILES string of the molecule is CCc1ccc(C(C)N2CCCC3(CCCNC3)C2)s1. The average Bonchev–Trinajstić information content (AvgIpc) is 2.96. The van der Waals surface area contributed by atoms with Gasteiger partial charge in [0.05, 0.1) is 0 Å². The molecule has 1 N–H and O–H groups in total. The Morgan fingerprint density at radius 1 is 1.35 bits per heavy atom. The van der Waals surface area contributed by atoms with Crippen LogP contribution in [-0.4, -0.2) is 31.1 Å². The van der Waals surface area contributed by atoms with Crippen LogP contribution in [0.1, 0.15) is 55.3 Å². The standard InChI is InChI=1S/C17H28N2S/c1-3-15-6-7-16(20-15)14(2)19-11-5-9-17(13-19)8-4-10-18-12-17/h6-7,14,18H,3-5,8-13H2,1-2H3. The molecule has 0 aliphatic carbocycles. The maximum Gasteiger partial charge on any atom is 0.0413 e. The van der Waals surface area contributed by atoms with Gasteiger partial charge < -0.3 is 5.32 Å². The smallest absolute Gasteiger partial charge is 0.0413 e. The van der Waals surface area contributed by atoms with E-state index in [9.17, 15) is 0 Å². The van der Waals surface area contributed by atoms with E-state index in [-0.39, 0.29) is 0 Å². The van der Waals surface area contributed by atoms with E-state index < -0.39 is 0 Å². The first-order chi connectivity index (χ1) is 9.72. The molecular weight excluding hydrogens is 264 g/mol. The van der Waals surface area contributed by atoms with Gasteiger partial charge in [-0.3, -0.25) is 4.90 Å². The Labute approximate surface area is 127 Å². The largest absolute Gasteiger partial charge is 0.316 e. The van der Waals surface area contributed by atoms with E-state index in [1.807, 2.05) is 11.3 Å². The molecule has 2 fully saturated rings. The quantitative estimate of drug-likeness (QED) is 0.910. The van der Waals surface area contributed by atoms with Gasteiger partial charge in [0.25, 0.3) is 0 Å². The second kappa shape index (κ2) is 6.17. The Bertz CT molecular complexity index is 428. The number of nitrogens with one attached hydrogen (secondary N) is 1. The first-order valence-electron chi connectivity index (χ1n) is 8.26. The van der Waals surface area contributed by atoms with Gasteiger partial charge in [-0.1, -0.05) is 6.92 Å². The summed E-state index contributed by atoms with van der Waals surface area (Å²) in [7, 11) is 0. The molecule has 0 saturated carbocycles. The fourth-order valence-electron chi connectivity index (χ4n) is 3.94. The number of thiophene rings is 1. The lowest BCUT2D eigenvalue weighted by atomic mass is 9.74. The first-order valence-corrected chi connectivity index (χ1v) is 9.07. The van der Waals surface area contributed by atoms with Crippen molar-refractivity contribution in [2.75, 3.05) is 26.2 Å². The van der Waals surface area contributed by atoms with E-state index in [4.69, 9.17) is 0 Å². The number of hydrogen-bond donors (Lipinski definition) is 1. The van der Waals surface area contributed by atoms with Crippen molar-refractivity contribution in [1.29, 1.82) is 0 Å². The van der Waals surface area contributed by atoms with Crippen molar-refractivity contribution >= 4 is 11.3 Å². The van der Waals surface area contributed by atoms with Crippen molar-refractivity contribution in [3.05, 3.63) is 21.9 Å². The molecule has 0 bridgehead atoms. The lowest BCUT2D eigenvalue weighted by molar-refractivity contribution is 0.0424. The minimum Gasteiger partial charge on any atom is -0.316 e. The fraction of sp³-hybridized carbons (Fsp3) is 0.765. The summed E-state index contributed by atoms with van der Waals surface area (Å²) in [6.45, 7) is 9.69. The average molecular weight is 292 g/mol. The van der Waals surface area contributed by atoms with E-state index in [1.54, 1.807) is 4.88 Å². The highest BCUT2D eigenvalue weighted by atomic mass is 32.1. The van der Waals surface area contributed by atoms with Gasteiger partial charge in [-0.25, -0.2) is 0 Å². The first kappa shape index (κ1) is 14.6. The molecule has 1 aromatic heterocycles. The van der Waals surface area contributed by atoms with Gasteiger partial charge in [0.1, 0.15) is 0 Å². The number of hydrogen-bond acceptors (Lipinski definition) is 3. The molecule has 3 rings (SSSR count). The molecule has 2 aliphatic rings. The molecule has 2 saturated heterocycles. The van der Waals surface area contributed by atoms with Gasteiger partial charge in [-0.2, -0.15) is 0 Å². The van der Waals surface area contributed by atoms with E-state index in [0.717, 1.165) is 0 Å². The summed E-state index contributed by atoms with van der Waals surface area (Å²) < 4.78 is 0. The molecule has 2 unspecified atom stereocenters. The third-order valence-corrected chi connectivity index (χ3v) is 6.64. The summed E-state index contributed by atoms with van der Waals surface area (Å²) in [4.78, 5) is 5.82. The molecule has 0 radical (unpaired) electrons. The molecule has 2 nitrogen and oxygen atoms in total. The van der Waals surface area contributed by atoms with Gasteiger partial charge in [0.2, 0.25) is 0 Å². The van der Waals surface area contributed by atoms with Crippen LogP contribution in [0.4, 0.5) is 0 Å². The Balaban J connectivity index is 1.69. The Kier molecular flexibility index (Phi) is 4.49. The van der Waals surface area contributed by atoms with E-state index >= 15 is 0 Å². The molecule has 1 aromatic rings. The highest BCUT2D eigenvalue weighted by Gasteiger charge is 2.38. The predicted octanol–water partition coefficient (Wildman–Crippen LogP) is 3.84. The van der Waals surface area contributed by atoms with Crippen LogP contribution in [0.25, 0.3) is 0 Å². The van der Waals surface area contributed by atoms with Gasteiger partial charge in [0, 0.05) is 28.9 Å². The second-order valence-corrected chi connectivity index (χ2v) is 7.89. The zero-order valence-electron chi connectivity index (χ0n) is 13.0. The Hall–Kier alpha value is -0.380. The van der Waals surface area contributed by atoms with Crippen molar-refractivity contribution in [3.8, 4) is 0 Å². The van der Waals surface area contributed by atoms with Crippen LogP contribution >= 0.6 is 11.3 Å². The second-order valence-electron chi connectivity index (χ2n) is 6.69. The summed E-state index contributed by atoms with van der Waals surface area (Å²) in [5.74, 6) is 0. The van der Waals surface area contributed by atoms with Crippen molar-refractivity contribution in [1.82, 2.24) is 10.2 Å². The van der Waals surface area contributed by atoms with E-state index in [0.29, 0.717) is 11.5 Å². The molecule has 3 heteroatoms. The number of nitrogens with zero attached hydrogens (tertiary/aromatic N) is 1. The molecule has 3 heterocycles. The molecule has 0 amide bonds. The highest BCUT2D eigenvalue weighted by Crippen LogP contribution is 2.39. The summed E-state index contributed by atoms with van der Waals surface area (Å²) in [6.07, 6.45) is 6.76. The Morgan fingerprint density at radius 2 is 2.20 bits per heavy atom. The number of rotatable bonds is 3. The number of piperidine rings is 2. The molecule has 112 valence electrons. The molecule has 2 atom stereocenters. The minimum absolute atomic E-state index is 0.565. The predicted molar refractivity (Wildman–Crippen MR) is 87.5 cm³/mol. The maximum atomic E-state index is 3.63. The summed E-state index contributed by atoms with van der Waals surface area (Å²) in [5, 5.41) is 3.63. The van der Waals surface area contributed by atoms with Gasteiger partial charge in [-0.15, -0.1) is 11.3 Å². The van der Waals surface area contributed by atoms with Crippen LogP contribution in [0.5, 0.6) is 0 Å². The van der Waals surface area contributed by atoms with Crippen molar-refractivity contribution < 1.29 is 0 Å². The van der Waals surface area contributed by atoms with Crippen molar-refractivity contribution in [2.24, 2.45) is 5.41 Å². The monoisotopic (exact) mass is 292 g/mol. The summed E-state index contributed by atoms with van der Waals surface area (Å²) >= 11 is 2.01. The van der Waals surface area contributed by atoms with Gasteiger partial charge >= 0.3 is 0 Å². The normalized spacial score (nSPS) is 29.7. The van der Waals surface area contributed by atoms with E-state index in [2.05, 4.69) is 36.2 Å². The fourth-order valence-corrected chi connectivity index (χ4v) is 4.98. The number of likely N-dealkylation sites (tertiary alicyclic amines) is 1. The number of aryl methyl sites for hydroxylation is 1. The lowest BCUT2D eigenvalue weighted by Crippen LogP contribution is -2.51. The van der Waals surface area contributed by atoms with E-state index in [1.165, 1.54) is 63.2 Å². The molecule has 20 heavy (non-hydrogen) atoms. The lowest BCUT2D eigenvalue weighted by Gasteiger charge is -2.47. The van der Waals surface area contributed by atoms with Crippen LogP contribution in [0.3, 0.4) is 0 Å². The molecule has 0 aromatic carbocycles. The molecule has 2 aliphatic heterocycles. The van der Waals surface area contributed by atoms with Crippen LogP contribution in [0.2, 0.25) is 0 Å². The van der Waals surface area contributed by atoms with Crippen LogP contribution in [-0.2, 0) is 6.42 Å². The highest BCUT2D eigenvalue weighted by molar-refractivity contribution is 7.12.